The first kappa shape index (κ1) is 16.7. The number of rotatable bonds is 3. The Kier molecular flexibility index (Phi) is 4.95. The standard InChI is InChI=1S/C20H22FNO2/c1-14-5-10-17(21)12-19(14)15-6-8-16(9-7-15)20(23)22-11-3-4-18(13-22)24-2/h5-10,12,18H,3-4,11,13H2,1-2H3/t18-/m1/s1. The van der Waals surface area contributed by atoms with Crippen molar-refractivity contribution in [2.75, 3.05) is 20.2 Å². The lowest BCUT2D eigenvalue weighted by Gasteiger charge is -2.32. The predicted octanol–water partition coefficient (Wildman–Crippen LogP) is 4.05. The molecule has 1 fully saturated rings. The third kappa shape index (κ3) is 3.49. The molecule has 1 aliphatic heterocycles. The molecule has 0 bridgehead atoms. The number of piperidine rings is 1. The molecule has 2 aromatic rings. The van der Waals surface area contributed by atoms with E-state index in [4.69, 9.17) is 4.74 Å². The van der Waals surface area contributed by atoms with Crippen molar-refractivity contribution in [2.24, 2.45) is 0 Å². The third-order valence-electron chi connectivity index (χ3n) is 4.64. The Morgan fingerprint density at radius 3 is 2.67 bits per heavy atom. The van der Waals surface area contributed by atoms with Gasteiger partial charge in [0.15, 0.2) is 0 Å². The van der Waals surface area contributed by atoms with E-state index in [1.807, 2.05) is 36.1 Å². The molecule has 0 saturated carbocycles. The molecule has 1 aliphatic rings. The first-order valence-electron chi connectivity index (χ1n) is 8.27. The number of halogens is 1. The van der Waals surface area contributed by atoms with Gasteiger partial charge in [-0.15, -0.1) is 0 Å². The fraction of sp³-hybridized carbons (Fsp3) is 0.350. The Morgan fingerprint density at radius 1 is 1.21 bits per heavy atom. The van der Waals surface area contributed by atoms with Crippen molar-refractivity contribution in [1.29, 1.82) is 0 Å². The fourth-order valence-electron chi connectivity index (χ4n) is 3.20. The highest BCUT2D eigenvalue weighted by atomic mass is 19.1. The average molecular weight is 327 g/mol. The molecule has 1 heterocycles. The molecule has 0 aromatic heterocycles. The summed E-state index contributed by atoms with van der Waals surface area (Å²) in [6, 6.07) is 12.2. The van der Waals surface area contributed by atoms with E-state index >= 15 is 0 Å². The van der Waals surface area contributed by atoms with E-state index in [0.29, 0.717) is 12.1 Å². The SMILES string of the molecule is CO[C@@H]1CCCN(C(=O)c2ccc(-c3cc(F)ccc3C)cc2)C1. The van der Waals surface area contributed by atoms with Crippen molar-refractivity contribution in [1.82, 2.24) is 4.90 Å². The summed E-state index contributed by atoms with van der Waals surface area (Å²) in [7, 11) is 1.69. The van der Waals surface area contributed by atoms with Crippen LogP contribution in [0.15, 0.2) is 42.5 Å². The zero-order chi connectivity index (χ0) is 17.1. The van der Waals surface area contributed by atoms with Gasteiger partial charge in [0, 0.05) is 25.8 Å². The molecule has 1 amide bonds. The summed E-state index contributed by atoms with van der Waals surface area (Å²) in [5.74, 6) is -0.228. The van der Waals surface area contributed by atoms with E-state index in [1.54, 1.807) is 13.2 Å². The summed E-state index contributed by atoms with van der Waals surface area (Å²) >= 11 is 0. The van der Waals surface area contributed by atoms with Gasteiger partial charge in [0.1, 0.15) is 5.82 Å². The van der Waals surface area contributed by atoms with Crippen LogP contribution in [0, 0.1) is 12.7 Å². The lowest BCUT2D eigenvalue weighted by Crippen LogP contribution is -2.42. The van der Waals surface area contributed by atoms with Gasteiger partial charge in [-0.1, -0.05) is 18.2 Å². The molecule has 0 spiro atoms. The van der Waals surface area contributed by atoms with Crippen molar-refractivity contribution in [3.05, 3.63) is 59.4 Å². The first-order chi connectivity index (χ1) is 11.6. The summed E-state index contributed by atoms with van der Waals surface area (Å²) in [4.78, 5) is 14.5. The number of amides is 1. The highest BCUT2D eigenvalue weighted by Gasteiger charge is 2.24. The van der Waals surface area contributed by atoms with Gasteiger partial charge in [-0.2, -0.15) is 0 Å². The molecule has 0 aliphatic carbocycles. The Bertz CT molecular complexity index is 727. The maximum Gasteiger partial charge on any atom is 0.253 e. The average Bonchev–Trinajstić information content (AvgIpc) is 2.63. The number of likely N-dealkylation sites (tertiary alicyclic amines) is 1. The summed E-state index contributed by atoms with van der Waals surface area (Å²) in [5.41, 5.74) is 3.43. The predicted molar refractivity (Wildman–Crippen MR) is 92.5 cm³/mol. The quantitative estimate of drug-likeness (QED) is 0.851. The number of methoxy groups -OCH3 is 1. The van der Waals surface area contributed by atoms with Crippen LogP contribution in [0.3, 0.4) is 0 Å². The number of carbonyl (C=O) groups is 1. The second kappa shape index (κ2) is 7.14. The minimum atomic E-state index is -0.255. The van der Waals surface area contributed by atoms with E-state index in [0.717, 1.165) is 36.1 Å². The van der Waals surface area contributed by atoms with E-state index in [9.17, 15) is 9.18 Å². The smallest absolute Gasteiger partial charge is 0.253 e. The van der Waals surface area contributed by atoms with Crippen LogP contribution in [-0.2, 0) is 4.74 Å². The number of ether oxygens (including phenoxy) is 1. The first-order valence-corrected chi connectivity index (χ1v) is 8.27. The lowest BCUT2D eigenvalue weighted by atomic mass is 9.99. The van der Waals surface area contributed by atoms with E-state index in [-0.39, 0.29) is 17.8 Å². The van der Waals surface area contributed by atoms with Crippen LogP contribution in [-0.4, -0.2) is 37.1 Å². The lowest BCUT2D eigenvalue weighted by molar-refractivity contribution is 0.0269. The van der Waals surface area contributed by atoms with Crippen LogP contribution >= 0.6 is 0 Å². The summed E-state index contributed by atoms with van der Waals surface area (Å²) in [6.45, 7) is 3.36. The highest BCUT2D eigenvalue weighted by Crippen LogP contribution is 2.25. The van der Waals surface area contributed by atoms with Crippen LogP contribution in [0.5, 0.6) is 0 Å². The Hall–Kier alpha value is -2.20. The van der Waals surface area contributed by atoms with Gasteiger partial charge < -0.3 is 9.64 Å². The molecule has 0 radical (unpaired) electrons. The van der Waals surface area contributed by atoms with Gasteiger partial charge in [-0.3, -0.25) is 4.79 Å². The van der Waals surface area contributed by atoms with Gasteiger partial charge in [-0.05, 0) is 60.7 Å². The van der Waals surface area contributed by atoms with Crippen molar-refractivity contribution >= 4 is 5.91 Å². The number of nitrogens with zero attached hydrogens (tertiary/aromatic N) is 1. The molecule has 4 heteroatoms. The Labute approximate surface area is 142 Å². The second-order valence-electron chi connectivity index (χ2n) is 6.29. The van der Waals surface area contributed by atoms with Gasteiger partial charge in [0.05, 0.1) is 6.10 Å². The molecule has 0 unspecified atom stereocenters. The van der Waals surface area contributed by atoms with Crippen LogP contribution in [0.1, 0.15) is 28.8 Å². The molecule has 1 saturated heterocycles. The summed E-state index contributed by atoms with van der Waals surface area (Å²) in [6.07, 6.45) is 2.08. The number of benzene rings is 2. The third-order valence-corrected chi connectivity index (χ3v) is 4.64. The van der Waals surface area contributed by atoms with Crippen molar-refractivity contribution in [2.45, 2.75) is 25.9 Å². The number of hydrogen-bond acceptors (Lipinski definition) is 2. The minimum Gasteiger partial charge on any atom is -0.380 e. The fourth-order valence-corrected chi connectivity index (χ4v) is 3.20. The summed E-state index contributed by atoms with van der Waals surface area (Å²) in [5, 5.41) is 0. The van der Waals surface area contributed by atoms with Gasteiger partial charge in [0.25, 0.3) is 5.91 Å². The van der Waals surface area contributed by atoms with E-state index in [1.165, 1.54) is 12.1 Å². The highest BCUT2D eigenvalue weighted by molar-refractivity contribution is 5.94. The molecule has 1 atom stereocenters. The van der Waals surface area contributed by atoms with Crippen LogP contribution in [0.4, 0.5) is 4.39 Å². The minimum absolute atomic E-state index is 0.0271. The largest absolute Gasteiger partial charge is 0.380 e. The number of aryl methyl sites for hydroxylation is 1. The molecule has 3 rings (SSSR count). The normalized spacial score (nSPS) is 17.8. The molecular formula is C20H22FNO2. The maximum absolute atomic E-state index is 13.5. The van der Waals surface area contributed by atoms with Crippen molar-refractivity contribution < 1.29 is 13.9 Å². The van der Waals surface area contributed by atoms with Gasteiger partial charge in [-0.25, -0.2) is 4.39 Å². The molecule has 126 valence electrons. The van der Waals surface area contributed by atoms with Crippen molar-refractivity contribution in [3.63, 3.8) is 0 Å². The second-order valence-corrected chi connectivity index (χ2v) is 6.29. The van der Waals surface area contributed by atoms with Gasteiger partial charge >= 0.3 is 0 Å². The molecule has 0 N–H and O–H groups in total. The molecular weight excluding hydrogens is 305 g/mol. The van der Waals surface area contributed by atoms with E-state index < -0.39 is 0 Å². The van der Waals surface area contributed by atoms with Crippen LogP contribution in [0.25, 0.3) is 11.1 Å². The Morgan fingerprint density at radius 2 is 1.96 bits per heavy atom. The van der Waals surface area contributed by atoms with Crippen molar-refractivity contribution in [3.8, 4) is 11.1 Å². The topological polar surface area (TPSA) is 29.5 Å². The summed E-state index contributed by atoms with van der Waals surface area (Å²) < 4.78 is 18.9. The maximum atomic E-state index is 13.5. The van der Waals surface area contributed by atoms with Crippen LogP contribution < -0.4 is 0 Å². The van der Waals surface area contributed by atoms with Gasteiger partial charge in [0.2, 0.25) is 0 Å². The molecule has 2 aromatic carbocycles. The number of hydrogen-bond donors (Lipinski definition) is 0. The van der Waals surface area contributed by atoms with Crippen LogP contribution in [0.2, 0.25) is 0 Å². The number of carbonyl (C=O) groups excluding carboxylic acids is 1. The zero-order valence-corrected chi connectivity index (χ0v) is 14.1. The molecule has 3 nitrogen and oxygen atoms in total. The van der Waals surface area contributed by atoms with E-state index in [2.05, 4.69) is 0 Å². The Balaban J connectivity index is 1.79. The monoisotopic (exact) mass is 327 g/mol. The zero-order valence-electron chi connectivity index (χ0n) is 14.1. The molecule has 24 heavy (non-hydrogen) atoms.